The summed E-state index contributed by atoms with van der Waals surface area (Å²) in [5, 5.41) is 3.64. The van der Waals surface area contributed by atoms with E-state index < -0.39 is 0 Å². The Kier molecular flexibility index (Phi) is 4.55. The molecule has 0 atom stereocenters. The summed E-state index contributed by atoms with van der Waals surface area (Å²) in [4.78, 5) is 4.05. The molecular formula is C17H23N3O. The van der Waals surface area contributed by atoms with Crippen molar-refractivity contribution in [2.45, 2.75) is 37.8 Å². The highest BCUT2D eigenvalue weighted by Crippen LogP contribution is 2.37. The first-order chi connectivity index (χ1) is 10.3. The summed E-state index contributed by atoms with van der Waals surface area (Å²) in [6.45, 7) is 2.12. The first kappa shape index (κ1) is 14.1. The van der Waals surface area contributed by atoms with Crippen LogP contribution in [0.25, 0.3) is 0 Å². The molecule has 0 bridgehead atoms. The first-order valence-corrected chi connectivity index (χ1v) is 7.68. The third-order valence-electron chi connectivity index (χ3n) is 4.29. The number of methoxy groups -OCH3 is 1. The maximum absolute atomic E-state index is 5.29. The summed E-state index contributed by atoms with van der Waals surface area (Å²) in [5.41, 5.74) is 1.41. The Hall–Kier alpha value is -1.81. The third kappa shape index (κ3) is 3.64. The molecule has 0 radical (unpaired) electrons. The molecule has 4 nitrogen and oxygen atoms in total. The second-order valence-electron chi connectivity index (χ2n) is 5.75. The highest BCUT2D eigenvalue weighted by molar-refractivity contribution is 5.32. The van der Waals surface area contributed by atoms with Crippen LogP contribution < -0.4 is 10.1 Å². The second-order valence-corrected chi connectivity index (χ2v) is 5.75. The van der Waals surface area contributed by atoms with E-state index >= 15 is 0 Å². The molecule has 1 aliphatic carbocycles. The minimum absolute atomic E-state index is 0.670. The number of aryl methyl sites for hydroxylation is 1. The standard InChI is InChI=1S/C17H23N3O/c1-21-17-5-2-4-14(12-17)15-10-16(11-15)19-6-3-8-20-9-7-18-13-20/h2,4-5,7,9,12-13,15-16,19H,3,6,8,10-11H2,1H3. The lowest BCUT2D eigenvalue weighted by Gasteiger charge is -2.36. The molecule has 1 fully saturated rings. The molecule has 3 rings (SSSR count). The van der Waals surface area contributed by atoms with Gasteiger partial charge in [-0.25, -0.2) is 4.98 Å². The molecule has 1 aliphatic rings. The minimum Gasteiger partial charge on any atom is -0.497 e. The van der Waals surface area contributed by atoms with E-state index in [0.717, 1.165) is 25.3 Å². The molecule has 0 amide bonds. The van der Waals surface area contributed by atoms with Gasteiger partial charge in [0, 0.05) is 25.0 Å². The number of imidazole rings is 1. The van der Waals surface area contributed by atoms with Crippen LogP contribution in [0.2, 0.25) is 0 Å². The lowest BCUT2D eigenvalue weighted by atomic mass is 9.76. The van der Waals surface area contributed by atoms with Gasteiger partial charge >= 0.3 is 0 Å². The first-order valence-electron chi connectivity index (χ1n) is 7.68. The maximum Gasteiger partial charge on any atom is 0.119 e. The van der Waals surface area contributed by atoms with Crippen molar-refractivity contribution in [2.24, 2.45) is 0 Å². The van der Waals surface area contributed by atoms with E-state index in [1.54, 1.807) is 7.11 Å². The highest BCUT2D eigenvalue weighted by Gasteiger charge is 2.29. The fraction of sp³-hybridized carbons (Fsp3) is 0.471. The van der Waals surface area contributed by atoms with E-state index in [9.17, 15) is 0 Å². The summed E-state index contributed by atoms with van der Waals surface area (Å²) in [5.74, 6) is 1.65. The van der Waals surface area contributed by atoms with Gasteiger partial charge in [0.05, 0.1) is 13.4 Å². The summed E-state index contributed by atoms with van der Waals surface area (Å²) < 4.78 is 7.42. The zero-order valence-electron chi connectivity index (χ0n) is 12.5. The highest BCUT2D eigenvalue weighted by atomic mass is 16.5. The second kappa shape index (κ2) is 6.76. The third-order valence-corrected chi connectivity index (χ3v) is 4.29. The fourth-order valence-corrected chi connectivity index (χ4v) is 2.94. The van der Waals surface area contributed by atoms with Crippen LogP contribution in [-0.4, -0.2) is 29.2 Å². The van der Waals surface area contributed by atoms with Crippen LogP contribution >= 0.6 is 0 Å². The zero-order chi connectivity index (χ0) is 14.5. The summed E-state index contributed by atoms with van der Waals surface area (Å²) in [7, 11) is 1.73. The van der Waals surface area contributed by atoms with Gasteiger partial charge in [-0.1, -0.05) is 12.1 Å². The van der Waals surface area contributed by atoms with Crippen molar-refractivity contribution < 1.29 is 4.74 Å². The predicted molar refractivity (Wildman–Crippen MR) is 83.6 cm³/mol. The number of ether oxygens (including phenoxy) is 1. The number of rotatable bonds is 7. The molecule has 21 heavy (non-hydrogen) atoms. The van der Waals surface area contributed by atoms with Crippen molar-refractivity contribution in [3.63, 3.8) is 0 Å². The van der Waals surface area contributed by atoms with Gasteiger partial charge in [0.1, 0.15) is 5.75 Å². The fourth-order valence-electron chi connectivity index (χ4n) is 2.94. The topological polar surface area (TPSA) is 39.1 Å². The average Bonchev–Trinajstić information content (AvgIpc) is 2.98. The van der Waals surface area contributed by atoms with Crippen LogP contribution in [0.15, 0.2) is 43.0 Å². The Morgan fingerprint density at radius 2 is 2.29 bits per heavy atom. The zero-order valence-corrected chi connectivity index (χ0v) is 12.5. The molecule has 0 aliphatic heterocycles. The molecular weight excluding hydrogens is 262 g/mol. The van der Waals surface area contributed by atoms with Gasteiger partial charge in [0.15, 0.2) is 0 Å². The minimum atomic E-state index is 0.670. The maximum atomic E-state index is 5.29. The molecule has 0 spiro atoms. The van der Waals surface area contributed by atoms with Crippen molar-refractivity contribution >= 4 is 0 Å². The smallest absolute Gasteiger partial charge is 0.119 e. The molecule has 112 valence electrons. The molecule has 1 heterocycles. The number of hydrogen-bond donors (Lipinski definition) is 1. The van der Waals surface area contributed by atoms with Crippen LogP contribution in [0, 0.1) is 0 Å². The Labute approximate surface area is 126 Å². The van der Waals surface area contributed by atoms with Gasteiger partial charge in [-0.3, -0.25) is 0 Å². The number of benzene rings is 1. The summed E-state index contributed by atoms with van der Waals surface area (Å²) >= 11 is 0. The number of nitrogens with one attached hydrogen (secondary N) is 1. The monoisotopic (exact) mass is 285 g/mol. The molecule has 1 aromatic heterocycles. The predicted octanol–water partition coefficient (Wildman–Crippen LogP) is 2.82. The van der Waals surface area contributed by atoms with Crippen LogP contribution in [0.1, 0.15) is 30.7 Å². The van der Waals surface area contributed by atoms with Crippen molar-refractivity contribution in [2.75, 3.05) is 13.7 Å². The van der Waals surface area contributed by atoms with Gasteiger partial charge in [0.25, 0.3) is 0 Å². The van der Waals surface area contributed by atoms with Crippen LogP contribution in [-0.2, 0) is 6.54 Å². The molecule has 1 aromatic carbocycles. The van der Waals surface area contributed by atoms with E-state index in [1.807, 2.05) is 24.8 Å². The Balaban J connectivity index is 1.35. The number of hydrogen-bond acceptors (Lipinski definition) is 3. The summed E-state index contributed by atoms with van der Waals surface area (Å²) in [6.07, 6.45) is 9.34. The Morgan fingerprint density at radius 3 is 3.05 bits per heavy atom. The normalized spacial score (nSPS) is 21.0. The van der Waals surface area contributed by atoms with Crippen molar-refractivity contribution in [1.29, 1.82) is 0 Å². The van der Waals surface area contributed by atoms with Gasteiger partial charge in [-0.15, -0.1) is 0 Å². The molecule has 0 unspecified atom stereocenters. The largest absolute Gasteiger partial charge is 0.497 e. The number of nitrogens with zero attached hydrogens (tertiary/aromatic N) is 2. The van der Waals surface area contributed by atoms with E-state index in [4.69, 9.17) is 4.74 Å². The van der Waals surface area contributed by atoms with Crippen molar-refractivity contribution in [3.8, 4) is 5.75 Å². The SMILES string of the molecule is COc1cccc(C2CC(NCCCn3ccnc3)C2)c1. The van der Waals surface area contributed by atoms with E-state index in [1.165, 1.54) is 18.4 Å². The van der Waals surface area contributed by atoms with Gasteiger partial charge in [-0.2, -0.15) is 0 Å². The van der Waals surface area contributed by atoms with E-state index in [0.29, 0.717) is 12.0 Å². The van der Waals surface area contributed by atoms with Crippen molar-refractivity contribution in [1.82, 2.24) is 14.9 Å². The van der Waals surface area contributed by atoms with Crippen molar-refractivity contribution in [3.05, 3.63) is 48.5 Å². The van der Waals surface area contributed by atoms with E-state index in [-0.39, 0.29) is 0 Å². The quantitative estimate of drug-likeness (QED) is 0.795. The van der Waals surface area contributed by atoms with Gasteiger partial charge < -0.3 is 14.6 Å². The Bertz CT molecular complexity index is 547. The van der Waals surface area contributed by atoms with Gasteiger partial charge in [-0.05, 0) is 49.4 Å². The molecule has 0 saturated heterocycles. The summed E-state index contributed by atoms with van der Waals surface area (Å²) in [6, 6.07) is 9.14. The molecule has 4 heteroatoms. The Morgan fingerprint density at radius 1 is 1.38 bits per heavy atom. The van der Waals surface area contributed by atoms with Gasteiger partial charge in [0.2, 0.25) is 0 Å². The molecule has 2 aromatic rings. The lowest BCUT2D eigenvalue weighted by Crippen LogP contribution is -2.40. The molecule has 1 saturated carbocycles. The number of aromatic nitrogens is 2. The average molecular weight is 285 g/mol. The van der Waals surface area contributed by atoms with Crippen LogP contribution in [0.3, 0.4) is 0 Å². The molecule has 1 N–H and O–H groups in total. The van der Waals surface area contributed by atoms with E-state index in [2.05, 4.69) is 33.1 Å². The van der Waals surface area contributed by atoms with Crippen LogP contribution in [0.4, 0.5) is 0 Å². The van der Waals surface area contributed by atoms with Crippen LogP contribution in [0.5, 0.6) is 5.75 Å². The lowest BCUT2D eigenvalue weighted by molar-refractivity contribution is 0.288.